The number of Topliss-reactive ketones (excluding diaryl/α,β-unsaturated/α-hetero) is 3. The summed E-state index contributed by atoms with van der Waals surface area (Å²) in [7, 11) is 0. The van der Waals surface area contributed by atoms with Gasteiger partial charge < -0.3 is 9.84 Å². The number of carbonyl (C=O) groups is 3. The van der Waals surface area contributed by atoms with Crippen molar-refractivity contribution in [2.24, 2.45) is 16.7 Å². The number of ether oxygens (including phenoxy) is 1. The van der Waals surface area contributed by atoms with Gasteiger partial charge in [-0.2, -0.15) is 0 Å². The zero-order valence-electron chi connectivity index (χ0n) is 18.9. The summed E-state index contributed by atoms with van der Waals surface area (Å²) < 4.78 is 5.54. The summed E-state index contributed by atoms with van der Waals surface area (Å²) in [5.74, 6) is -1.67. The van der Waals surface area contributed by atoms with Crippen LogP contribution in [0.1, 0.15) is 64.9 Å². The number of hydrogen-bond acceptors (Lipinski definition) is 5. The van der Waals surface area contributed by atoms with Crippen molar-refractivity contribution < 1.29 is 24.2 Å². The molecule has 5 nitrogen and oxygen atoms in total. The summed E-state index contributed by atoms with van der Waals surface area (Å²) in [6.07, 6.45) is 2.79. The average Bonchev–Trinajstić information content (AvgIpc) is 2.62. The van der Waals surface area contributed by atoms with Crippen LogP contribution in [0.4, 0.5) is 0 Å². The van der Waals surface area contributed by atoms with Gasteiger partial charge >= 0.3 is 0 Å². The Hall–Kier alpha value is -2.69. The van der Waals surface area contributed by atoms with Crippen LogP contribution in [0.5, 0.6) is 5.75 Å². The highest BCUT2D eigenvalue weighted by atomic mass is 16.5. The van der Waals surface area contributed by atoms with Gasteiger partial charge in [0.25, 0.3) is 0 Å². The summed E-state index contributed by atoms with van der Waals surface area (Å²) in [5.41, 5.74) is 0.115. The molecule has 0 spiro atoms. The van der Waals surface area contributed by atoms with Crippen LogP contribution in [0.15, 0.2) is 48.3 Å². The Balaban J connectivity index is 2.09. The van der Waals surface area contributed by atoms with E-state index in [1.165, 1.54) is 0 Å². The molecule has 5 heteroatoms. The zero-order valence-corrected chi connectivity index (χ0v) is 18.9. The number of hydrogen-bond donors (Lipinski definition) is 1. The lowest BCUT2D eigenvalue weighted by molar-refractivity contribution is -0.140. The van der Waals surface area contributed by atoms with E-state index >= 15 is 0 Å². The van der Waals surface area contributed by atoms with Crippen LogP contribution in [0.2, 0.25) is 0 Å². The lowest BCUT2D eigenvalue weighted by Gasteiger charge is -2.39. The summed E-state index contributed by atoms with van der Waals surface area (Å²) in [5, 5.41) is 10.9. The molecule has 2 aliphatic carbocycles. The highest BCUT2D eigenvalue weighted by Crippen LogP contribution is 2.47. The molecule has 1 aromatic rings. The number of carbonyl (C=O) groups excluding carboxylic acids is 3. The number of aliphatic hydroxyl groups is 1. The molecule has 1 N–H and O–H groups in total. The van der Waals surface area contributed by atoms with Crippen molar-refractivity contribution in [1.29, 1.82) is 0 Å². The molecular weight excluding hydrogens is 392 g/mol. The molecule has 31 heavy (non-hydrogen) atoms. The lowest BCUT2D eigenvalue weighted by atomic mass is 9.62. The fourth-order valence-corrected chi connectivity index (χ4v) is 4.88. The molecule has 0 heterocycles. The van der Waals surface area contributed by atoms with Crippen molar-refractivity contribution in [3.63, 3.8) is 0 Å². The van der Waals surface area contributed by atoms with Crippen molar-refractivity contribution in [1.82, 2.24) is 0 Å². The van der Waals surface area contributed by atoms with Crippen LogP contribution in [0.25, 0.3) is 0 Å². The number of aliphatic hydroxyl groups excluding tert-OH is 1. The average molecular weight is 425 g/mol. The van der Waals surface area contributed by atoms with Crippen LogP contribution in [0.3, 0.4) is 0 Å². The third-order valence-electron chi connectivity index (χ3n) is 6.15. The Bertz CT molecular complexity index is 913. The molecule has 1 atom stereocenters. The topological polar surface area (TPSA) is 80.7 Å². The largest absolute Gasteiger partial charge is 0.512 e. The fraction of sp³-hybridized carbons (Fsp3) is 0.500. The summed E-state index contributed by atoms with van der Waals surface area (Å²) in [6.45, 7) is 11.7. The van der Waals surface area contributed by atoms with Gasteiger partial charge in [-0.3, -0.25) is 14.4 Å². The summed E-state index contributed by atoms with van der Waals surface area (Å²) >= 11 is 0. The molecule has 0 saturated heterocycles. The van der Waals surface area contributed by atoms with E-state index in [0.717, 1.165) is 0 Å². The standard InChI is InChI=1S/C26H32O5/c1-6-11-31-17-9-7-16(8-10-17)22(23-18(27)12-25(2,3)13-19(23)28)24-20(29)14-26(4,5)15-21(24)30/h6-10,22-23,29H,1,11-15H2,2-5H3/t22-/m0/s1. The first kappa shape index (κ1) is 23.0. The van der Waals surface area contributed by atoms with Crippen molar-refractivity contribution in [3.8, 4) is 5.75 Å². The van der Waals surface area contributed by atoms with Gasteiger partial charge in [-0.15, -0.1) is 0 Å². The van der Waals surface area contributed by atoms with Gasteiger partial charge in [0.1, 0.15) is 29.7 Å². The van der Waals surface area contributed by atoms with E-state index in [1.54, 1.807) is 30.3 Å². The fourth-order valence-electron chi connectivity index (χ4n) is 4.88. The third-order valence-corrected chi connectivity index (χ3v) is 6.15. The molecule has 0 aliphatic heterocycles. The van der Waals surface area contributed by atoms with Crippen molar-refractivity contribution in [2.45, 2.75) is 59.3 Å². The Morgan fingerprint density at radius 3 is 2.06 bits per heavy atom. The maximum Gasteiger partial charge on any atom is 0.163 e. The first-order valence-corrected chi connectivity index (χ1v) is 10.8. The lowest BCUT2D eigenvalue weighted by Crippen LogP contribution is -2.43. The first-order valence-electron chi connectivity index (χ1n) is 10.8. The van der Waals surface area contributed by atoms with Gasteiger partial charge in [0, 0.05) is 37.2 Å². The van der Waals surface area contributed by atoms with E-state index in [4.69, 9.17) is 4.74 Å². The molecular formula is C26H32O5. The maximum atomic E-state index is 13.2. The Morgan fingerprint density at radius 1 is 1.00 bits per heavy atom. The molecule has 0 bridgehead atoms. The second kappa shape index (κ2) is 8.45. The van der Waals surface area contributed by atoms with E-state index in [9.17, 15) is 19.5 Å². The number of allylic oxidation sites excluding steroid dienone is 2. The van der Waals surface area contributed by atoms with E-state index in [-0.39, 0.29) is 53.4 Å². The Morgan fingerprint density at radius 2 is 1.55 bits per heavy atom. The van der Waals surface area contributed by atoms with E-state index < -0.39 is 17.3 Å². The molecule has 0 aromatic heterocycles. The quantitative estimate of drug-likeness (QED) is 0.507. The maximum absolute atomic E-state index is 13.2. The van der Waals surface area contributed by atoms with Crippen LogP contribution in [-0.2, 0) is 14.4 Å². The van der Waals surface area contributed by atoms with Gasteiger partial charge in [-0.1, -0.05) is 52.5 Å². The highest BCUT2D eigenvalue weighted by molar-refractivity contribution is 6.09. The number of ketones is 3. The summed E-state index contributed by atoms with van der Waals surface area (Å²) in [4.78, 5) is 39.5. The van der Waals surface area contributed by atoms with Gasteiger partial charge in [0.05, 0.1) is 5.92 Å². The zero-order chi connectivity index (χ0) is 23.0. The Kier molecular flexibility index (Phi) is 6.26. The van der Waals surface area contributed by atoms with Gasteiger partial charge in [-0.05, 0) is 28.5 Å². The van der Waals surface area contributed by atoms with Crippen molar-refractivity contribution in [2.75, 3.05) is 6.61 Å². The van der Waals surface area contributed by atoms with Crippen molar-refractivity contribution in [3.05, 3.63) is 53.8 Å². The minimum atomic E-state index is -0.963. The van der Waals surface area contributed by atoms with E-state index in [0.29, 0.717) is 24.3 Å². The smallest absolute Gasteiger partial charge is 0.163 e. The van der Waals surface area contributed by atoms with Gasteiger partial charge in [0.2, 0.25) is 0 Å². The molecule has 1 fully saturated rings. The minimum Gasteiger partial charge on any atom is -0.512 e. The monoisotopic (exact) mass is 424 g/mol. The SMILES string of the molecule is C=CCOc1ccc([C@H](C2=C(O)CC(C)(C)CC2=O)C2C(=O)CC(C)(C)CC2=O)cc1. The molecule has 2 aliphatic rings. The molecule has 1 saturated carbocycles. The number of benzene rings is 1. The second-order valence-electron chi connectivity index (χ2n) is 10.4. The molecule has 0 radical (unpaired) electrons. The molecule has 1 aromatic carbocycles. The van der Waals surface area contributed by atoms with Crippen molar-refractivity contribution >= 4 is 17.3 Å². The van der Waals surface area contributed by atoms with Gasteiger partial charge in [0.15, 0.2) is 5.78 Å². The highest BCUT2D eigenvalue weighted by Gasteiger charge is 2.48. The number of rotatable bonds is 6. The van der Waals surface area contributed by atoms with E-state index in [1.807, 2.05) is 27.7 Å². The van der Waals surface area contributed by atoms with Crippen LogP contribution in [-0.4, -0.2) is 29.1 Å². The van der Waals surface area contributed by atoms with Crippen LogP contribution in [0, 0.1) is 16.7 Å². The van der Waals surface area contributed by atoms with Gasteiger partial charge in [-0.25, -0.2) is 0 Å². The Labute approximate surface area is 184 Å². The first-order chi connectivity index (χ1) is 14.4. The molecule has 166 valence electrons. The predicted molar refractivity (Wildman–Crippen MR) is 119 cm³/mol. The molecule has 0 amide bonds. The normalized spacial score (nSPS) is 22.4. The predicted octanol–water partition coefficient (Wildman–Crippen LogP) is 5.11. The van der Waals surface area contributed by atoms with E-state index in [2.05, 4.69) is 6.58 Å². The minimum absolute atomic E-state index is 0.0105. The second-order valence-corrected chi connectivity index (χ2v) is 10.4. The van der Waals surface area contributed by atoms with Crippen LogP contribution < -0.4 is 4.74 Å². The summed E-state index contributed by atoms with van der Waals surface area (Å²) in [6, 6.07) is 7.05. The molecule has 3 rings (SSSR count). The van der Waals surface area contributed by atoms with Crippen LogP contribution >= 0.6 is 0 Å². The third kappa shape index (κ3) is 4.97. The molecule has 0 unspecified atom stereocenters.